The van der Waals surface area contributed by atoms with Gasteiger partial charge in [0.25, 0.3) is 0 Å². The van der Waals surface area contributed by atoms with Crippen molar-refractivity contribution in [3.05, 3.63) is 22.0 Å². The van der Waals surface area contributed by atoms with Crippen LogP contribution in [0.2, 0.25) is 0 Å². The van der Waals surface area contributed by atoms with Gasteiger partial charge in [0.05, 0.1) is 9.27 Å². The first-order valence-electron chi connectivity index (χ1n) is 3.43. The highest BCUT2D eigenvalue weighted by Gasteiger charge is 1.98. The maximum absolute atomic E-state index is 5.42. The highest BCUT2D eigenvalue weighted by molar-refractivity contribution is 9.09. The van der Waals surface area contributed by atoms with Crippen LogP contribution in [0.25, 0.3) is 0 Å². The normalized spacial score (nSPS) is 11.6. The third kappa shape index (κ3) is 6.94. The van der Waals surface area contributed by atoms with Crippen molar-refractivity contribution in [1.29, 1.82) is 0 Å². The monoisotopic (exact) mass is 268 g/mol. The second-order valence-electron chi connectivity index (χ2n) is 1.95. The van der Waals surface area contributed by atoms with Crippen LogP contribution in [-0.2, 0) is 0 Å². The molecule has 0 saturated carbocycles. The molecule has 12 heavy (non-hydrogen) atoms. The molecule has 0 saturated heterocycles. The summed E-state index contributed by atoms with van der Waals surface area (Å²) in [6, 6.07) is 0. The molecule has 0 aromatic carbocycles. The van der Waals surface area contributed by atoms with Crippen LogP contribution in [0.5, 0.6) is 0 Å². The molecular formula is C7H13BrN2S2. The Kier molecular flexibility index (Phi) is 8.06. The molecule has 0 amide bonds. The van der Waals surface area contributed by atoms with E-state index >= 15 is 0 Å². The van der Waals surface area contributed by atoms with Crippen molar-refractivity contribution < 1.29 is 0 Å². The largest absolute Gasteiger partial charge is 0.403 e. The van der Waals surface area contributed by atoms with Crippen molar-refractivity contribution in [2.75, 3.05) is 11.1 Å². The summed E-state index contributed by atoms with van der Waals surface area (Å²) in [5.74, 6) is 1.05. The zero-order valence-electron chi connectivity index (χ0n) is 6.75. The fourth-order valence-corrected chi connectivity index (χ4v) is 2.84. The lowest BCUT2D eigenvalue weighted by Gasteiger charge is -2.03. The summed E-state index contributed by atoms with van der Waals surface area (Å²) in [5.41, 5.74) is 10.8. The van der Waals surface area contributed by atoms with Crippen molar-refractivity contribution in [2.45, 2.75) is 6.42 Å². The summed E-state index contributed by atoms with van der Waals surface area (Å²) in [6.07, 6.45) is 2.70. The summed E-state index contributed by atoms with van der Waals surface area (Å²) in [4.78, 5) is 0. The Balaban J connectivity index is 3.62. The molecule has 0 aliphatic rings. The predicted octanol–water partition coefficient (Wildman–Crippen LogP) is 2.43. The van der Waals surface area contributed by atoms with Gasteiger partial charge in [0.15, 0.2) is 0 Å². The van der Waals surface area contributed by atoms with E-state index in [0.717, 1.165) is 21.7 Å². The Morgan fingerprint density at radius 2 is 2.25 bits per heavy atom. The molecule has 0 heterocycles. The van der Waals surface area contributed by atoms with Gasteiger partial charge in [-0.05, 0) is 12.2 Å². The SMILES string of the molecule is C=C(N)S/C(=C\N)SCCCBr. The van der Waals surface area contributed by atoms with Crippen LogP contribution < -0.4 is 11.5 Å². The van der Waals surface area contributed by atoms with E-state index in [4.69, 9.17) is 11.5 Å². The van der Waals surface area contributed by atoms with Gasteiger partial charge in [-0.15, -0.1) is 11.8 Å². The molecule has 0 radical (unpaired) electrons. The second-order valence-corrected chi connectivity index (χ2v) is 5.30. The fraction of sp³-hybridized carbons (Fsp3) is 0.429. The minimum absolute atomic E-state index is 0.582. The van der Waals surface area contributed by atoms with E-state index < -0.39 is 0 Å². The molecular weight excluding hydrogens is 256 g/mol. The molecule has 0 aliphatic heterocycles. The molecule has 4 N–H and O–H groups in total. The standard InChI is InChI=1S/C7H13BrN2S2/c1-6(10)12-7(5-9)11-4-2-3-8/h5H,1-4,9-10H2/b7-5-. The summed E-state index contributed by atoms with van der Waals surface area (Å²) >= 11 is 6.48. The van der Waals surface area contributed by atoms with E-state index in [1.807, 2.05) is 0 Å². The van der Waals surface area contributed by atoms with Gasteiger partial charge in [-0.1, -0.05) is 34.3 Å². The highest BCUT2D eigenvalue weighted by atomic mass is 79.9. The van der Waals surface area contributed by atoms with Gasteiger partial charge in [0.2, 0.25) is 0 Å². The Morgan fingerprint density at radius 3 is 2.67 bits per heavy atom. The van der Waals surface area contributed by atoms with Gasteiger partial charge in [0.1, 0.15) is 0 Å². The minimum atomic E-state index is 0.582. The van der Waals surface area contributed by atoms with Gasteiger partial charge < -0.3 is 11.5 Å². The summed E-state index contributed by atoms with van der Waals surface area (Å²) in [5, 5.41) is 1.60. The minimum Gasteiger partial charge on any atom is -0.403 e. The zero-order valence-corrected chi connectivity index (χ0v) is 9.97. The van der Waals surface area contributed by atoms with E-state index in [9.17, 15) is 0 Å². The maximum atomic E-state index is 5.42. The molecule has 0 atom stereocenters. The number of rotatable bonds is 6. The number of hydrogen-bond acceptors (Lipinski definition) is 4. The van der Waals surface area contributed by atoms with Crippen molar-refractivity contribution in [2.24, 2.45) is 11.5 Å². The van der Waals surface area contributed by atoms with E-state index in [2.05, 4.69) is 22.5 Å². The van der Waals surface area contributed by atoms with Gasteiger partial charge in [-0.3, -0.25) is 0 Å². The molecule has 70 valence electrons. The van der Waals surface area contributed by atoms with E-state index in [1.54, 1.807) is 18.0 Å². The summed E-state index contributed by atoms with van der Waals surface area (Å²) in [6.45, 7) is 3.59. The van der Waals surface area contributed by atoms with E-state index in [-0.39, 0.29) is 0 Å². The molecule has 0 bridgehead atoms. The third-order valence-electron chi connectivity index (χ3n) is 0.890. The van der Waals surface area contributed by atoms with Crippen molar-refractivity contribution in [1.82, 2.24) is 0 Å². The molecule has 0 aromatic heterocycles. The Labute approximate surface area is 90.3 Å². The quantitative estimate of drug-likeness (QED) is 0.574. The number of hydrogen-bond donors (Lipinski definition) is 2. The molecule has 0 rings (SSSR count). The summed E-state index contributed by atoms with van der Waals surface area (Å²) in [7, 11) is 0. The lowest BCUT2D eigenvalue weighted by molar-refractivity contribution is 1.14. The van der Waals surface area contributed by atoms with Crippen molar-refractivity contribution >= 4 is 39.5 Å². The van der Waals surface area contributed by atoms with E-state index in [0.29, 0.717) is 5.03 Å². The average molecular weight is 269 g/mol. The number of halogens is 1. The summed E-state index contributed by atoms with van der Waals surface area (Å²) < 4.78 is 1.02. The lowest BCUT2D eigenvalue weighted by atomic mass is 10.6. The molecule has 2 nitrogen and oxygen atoms in total. The Bertz CT molecular complexity index is 171. The van der Waals surface area contributed by atoms with E-state index in [1.165, 1.54) is 11.8 Å². The first kappa shape index (κ1) is 12.3. The van der Waals surface area contributed by atoms with Gasteiger partial charge in [-0.2, -0.15) is 0 Å². The number of thioether (sulfide) groups is 2. The van der Waals surface area contributed by atoms with Gasteiger partial charge in [0, 0.05) is 11.5 Å². The molecule has 0 aliphatic carbocycles. The number of alkyl halides is 1. The zero-order chi connectivity index (χ0) is 9.40. The number of nitrogens with two attached hydrogens (primary N) is 2. The van der Waals surface area contributed by atoms with Crippen LogP contribution >= 0.6 is 39.5 Å². The Morgan fingerprint density at radius 1 is 1.58 bits per heavy atom. The van der Waals surface area contributed by atoms with Crippen LogP contribution in [0.4, 0.5) is 0 Å². The molecule has 0 unspecified atom stereocenters. The Hall–Kier alpha value is 0.260. The highest BCUT2D eigenvalue weighted by Crippen LogP contribution is 2.30. The van der Waals surface area contributed by atoms with Crippen LogP contribution in [0.1, 0.15) is 6.42 Å². The van der Waals surface area contributed by atoms with Crippen molar-refractivity contribution in [3.8, 4) is 0 Å². The molecule has 0 spiro atoms. The molecule has 0 fully saturated rings. The average Bonchev–Trinajstić information content (AvgIpc) is 2.02. The first-order chi connectivity index (χ1) is 5.70. The first-order valence-corrected chi connectivity index (χ1v) is 6.36. The van der Waals surface area contributed by atoms with Crippen molar-refractivity contribution in [3.63, 3.8) is 0 Å². The van der Waals surface area contributed by atoms with Crippen LogP contribution in [-0.4, -0.2) is 11.1 Å². The van der Waals surface area contributed by atoms with Crippen LogP contribution in [0, 0.1) is 0 Å². The smallest absolute Gasteiger partial charge is 0.0636 e. The molecule has 5 heteroatoms. The predicted molar refractivity (Wildman–Crippen MR) is 64.1 cm³/mol. The lowest BCUT2D eigenvalue weighted by Crippen LogP contribution is -1.91. The van der Waals surface area contributed by atoms with Crippen LogP contribution in [0.3, 0.4) is 0 Å². The fourth-order valence-electron chi connectivity index (χ4n) is 0.468. The second kappa shape index (κ2) is 7.89. The topological polar surface area (TPSA) is 52.0 Å². The van der Waals surface area contributed by atoms with Crippen LogP contribution in [0.15, 0.2) is 22.0 Å². The van der Waals surface area contributed by atoms with Gasteiger partial charge in [-0.25, -0.2) is 0 Å². The third-order valence-corrected chi connectivity index (χ3v) is 3.57. The van der Waals surface area contributed by atoms with Gasteiger partial charge >= 0.3 is 0 Å². The maximum Gasteiger partial charge on any atom is 0.0636 e. The molecule has 0 aromatic rings.